The maximum atomic E-state index is 6.04. The Morgan fingerprint density at radius 2 is 1.59 bits per heavy atom. The molecule has 0 spiro atoms. The van der Waals surface area contributed by atoms with E-state index in [-0.39, 0.29) is 11.2 Å². The summed E-state index contributed by atoms with van der Waals surface area (Å²) in [4.78, 5) is 0. The van der Waals surface area contributed by atoms with Crippen LogP contribution in [-0.4, -0.2) is 23.4 Å². The largest absolute Gasteiger partial charge is 0.366 e. The van der Waals surface area contributed by atoms with Crippen LogP contribution >= 0.6 is 0 Å². The molecule has 22 heavy (non-hydrogen) atoms. The Morgan fingerprint density at radius 3 is 2.27 bits per heavy atom. The van der Waals surface area contributed by atoms with E-state index >= 15 is 0 Å². The minimum atomic E-state index is 0.109. The van der Waals surface area contributed by atoms with Crippen LogP contribution in [0.5, 0.6) is 0 Å². The van der Waals surface area contributed by atoms with E-state index in [1.807, 2.05) is 0 Å². The van der Waals surface area contributed by atoms with E-state index in [9.17, 15) is 0 Å². The Kier molecular flexibility index (Phi) is 4.28. The lowest BCUT2D eigenvalue weighted by Gasteiger charge is -2.14. The fourth-order valence-electron chi connectivity index (χ4n) is 3.82. The summed E-state index contributed by atoms with van der Waals surface area (Å²) in [6, 6.07) is 0. The molecule has 0 unspecified atom stereocenters. The first kappa shape index (κ1) is 16.3. The number of fused-ring (bicyclic) bond motifs is 2. The highest BCUT2D eigenvalue weighted by atomic mass is 16.6. The Bertz CT molecular complexity index is 490. The van der Waals surface area contributed by atoms with Gasteiger partial charge in [0.1, 0.15) is 0 Å². The van der Waals surface area contributed by atoms with E-state index in [0.29, 0.717) is 18.1 Å². The second-order valence-corrected chi connectivity index (χ2v) is 8.32. The van der Waals surface area contributed by atoms with Crippen molar-refractivity contribution in [1.29, 1.82) is 0 Å². The number of allylic oxidation sites excluding steroid dienone is 4. The van der Waals surface area contributed by atoms with E-state index in [2.05, 4.69) is 46.8 Å². The fraction of sp³-hybridized carbons (Fsp3) is 0.800. The second-order valence-electron chi connectivity index (χ2n) is 8.32. The van der Waals surface area contributed by atoms with Crippen LogP contribution in [-0.2, 0) is 9.47 Å². The highest BCUT2D eigenvalue weighted by Gasteiger charge is 2.56. The van der Waals surface area contributed by atoms with Crippen LogP contribution in [0.2, 0.25) is 0 Å². The van der Waals surface area contributed by atoms with Crippen molar-refractivity contribution in [2.45, 2.75) is 96.6 Å². The normalized spacial score (nSPS) is 47.4. The van der Waals surface area contributed by atoms with Crippen molar-refractivity contribution in [3.63, 3.8) is 0 Å². The Morgan fingerprint density at radius 1 is 0.955 bits per heavy atom. The molecular formula is C20H32O2. The Hall–Kier alpha value is -0.600. The molecule has 2 heterocycles. The molecule has 0 bridgehead atoms. The molecule has 2 heteroatoms. The van der Waals surface area contributed by atoms with E-state index in [1.54, 1.807) is 5.57 Å². The van der Waals surface area contributed by atoms with Gasteiger partial charge in [-0.2, -0.15) is 0 Å². The highest BCUT2D eigenvalue weighted by Crippen LogP contribution is 2.49. The quantitative estimate of drug-likeness (QED) is 0.623. The Balaban J connectivity index is 1.73. The maximum Gasteiger partial charge on any atom is 0.0923 e. The molecule has 0 aromatic carbocycles. The highest BCUT2D eigenvalue weighted by molar-refractivity contribution is 5.20. The minimum Gasteiger partial charge on any atom is -0.366 e. The van der Waals surface area contributed by atoms with Crippen molar-refractivity contribution in [3.05, 3.63) is 23.3 Å². The third kappa shape index (κ3) is 3.49. The van der Waals surface area contributed by atoms with Gasteiger partial charge in [0.05, 0.1) is 23.4 Å². The van der Waals surface area contributed by atoms with Crippen LogP contribution in [0.1, 0.15) is 73.1 Å². The van der Waals surface area contributed by atoms with Crippen LogP contribution in [0.25, 0.3) is 0 Å². The van der Waals surface area contributed by atoms with E-state index in [0.717, 1.165) is 38.5 Å². The molecule has 2 fully saturated rings. The summed E-state index contributed by atoms with van der Waals surface area (Å²) in [6.45, 7) is 11.4. The van der Waals surface area contributed by atoms with Gasteiger partial charge in [-0.15, -0.1) is 0 Å². The zero-order valence-corrected chi connectivity index (χ0v) is 14.9. The zero-order chi connectivity index (χ0) is 16.0. The molecule has 0 aromatic heterocycles. The predicted molar refractivity (Wildman–Crippen MR) is 90.9 cm³/mol. The molecule has 0 saturated carbocycles. The van der Waals surface area contributed by atoms with Crippen molar-refractivity contribution in [2.75, 3.05) is 0 Å². The van der Waals surface area contributed by atoms with Gasteiger partial charge in [-0.05, 0) is 65.2 Å². The molecule has 0 radical (unpaired) electrons. The average Bonchev–Trinajstić information content (AvgIpc) is 3.30. The maximum absolute atomic E-state index is 6.04. The Labute approximate surface area is 136 Å². The summed E-state index contributed by atoms with van der Waals surface area (Å²) in [5, 5.41) is 0. The van der Waals surface area contributed by atoms with Gasteiger partial charge in [0.2, 0.25) is 0 Å². The average molecular weight is 304 g/mol. The van der Waals surface area contributed by atoms with Crippen molar-refractivity contribution >= 4 is 0 Å². The molecule has 3 rings (SSSR count). The lowest BCUT2D eigenvalue weighted by atomic mass is 9.88. The molecule has 1 aliphatic carbocycles. The van der Waals surface area contributed by atoms with Crippen LogP contribution in [0.3, 0.4) is 0 Å². The van der Waals surface area contributed by atoms with Crippen LogP contribution in [0, 0.1) is 5.92 Å². The molecule has 2 nitrogen and oxygen atoms in total. The summed E-state index contributed by atoms with van der Waals surface area (Å²) in [7, 11) is 0. The number of hydrogen-bond donors (Lipinski definition) is 0. The number of rotatable bonds is 1. The van der Waals surface area contributed by atoms with Gasteiger partial charge in [0.25, 0.3) is 0 Å². The minimum absolute atomic E-state index is 0.109. The SMILES string of the molecule is C/C1=C\C=C(\C(C)C)CC[C@]2(C)O[C@H]2CC[C@@]2(C)O[C@@H]2CC1. The lowest BCUT2D eigenvalue weighted by Crippen LogP contribution is -2.15. The van der Waals surface area contributed by atoms with Gasteiger partial charge in [0, 0.05) is 0 Å². The molecule has 3 aliphatic rings. The van der Waals surface area contributed by atoms with Gasteiger partial charge in [-0.3, -0.25) is 0 Å². The van der Waals surface area contributed by atoms with Crippen molar-refractivity contribution in [2.24, 2.45) is 5.92 Å². The monoisotopic (exact) mass is 304 g/mol. The fourth-order valence-corrected chi connectivity index (χ4v) is 3.82. The lowest BCUT2D eigenvalue weighted by molar-refractivity contribution is 0.269. The summed E-state index contributed by atoms with van der Waals surface area (Å²) in [6.07, 6.45) is 12.5. The van der Waals surface area contributed by atoms with Crippen LogP contribution < -0.4 is 0 Å². The molecule has 4 atom stereocenters. The summed E-state index contributed by atoms with van der Waals surface area (Å²) in [5.41, 5.74) is 3.26. The zero-order valence-electron chi connectivity index (χ0n) is 14.9. The molecule has 124 valence electrons. The molecule has 2 aliphatic heterocycles. The number of ether oxygens (including phenoxy) is 2. The molecule has 0 aromatic rings. The third-order valence-corrected chi connectivity index (χ3v) is 6.01. The first-order chi connectivity index (χ1) is 10.3. The van der Waals surface area contributed by atoms with Crippen molar-refractivity contribution in [1.82, 2.24) is 0 Å². The van der Waals surface area contributed by atoms with Gasteiger partial charge in [-0.1, -0.05) is 37.1 Å². The molecular weight excluding hydrogens is 272 g/mol. The van der Waals surface area contributed by atoms with Gasteiger partial charge < -0.3 is 9.47 Å². The summed E-state index contributed by atoms with van der Waals surface area (Å²) >= 11 is 0. The third-order valence-electron chi connectivity index (χ3n) is 6.01. The van der Waals surface area contributed by atoms with Crippen molar-refractivity contribution in [3.8, 4) is 0 Å². The van der Waals surface area contributed by atoms with Crippen molar-refractivity contribution < 1.29 is 9.47 Å². The van der Waals surface area contributed by atoms with E-state index < -0.39 is 0 Å². The van der Waals surface area contributed by atoms with E-state index in [1.165, 1.54) is 5.57 Å². The number of epoxide rings is 2. The molecule has 0 amide bonds. The van der Waals surface area contributed by atoms with Gasteiger partial charge >= 0.3 is 0 Å². The van der Waals surface area contributed by atoms with Crippen LogP contribution in [0.15, 0.2) is 23.3 Å². The standard InChI is InChI=1S/C20H32O2/c1-14(2)16-8-6-15(3)7-9-17-20(5,21-17)13-11-18-19(4,22-18)12-10-16/h6,8,14,17-18H,7,9-13H2,1-5H3/b15-6+,16-8+/t17-,18+,19+,20-/m1/s1. The van der Waals surface area contributed by atoms with E-state index in [4.69, 9.17) is 9.47 Å². The predicted octanol–water partition coefficient (Wildman–Crippen LogP) is 5.18. The molecule has 2 saturated heterocycles. The smallest absolute Gasteiger partial charge is 0.0923 e. The van der Waals surface area contributed by atoms with Gasteiger partial charge in [0.15, 0.2) is 0 Å². The second kappa shape index (κ2) is 5.79. The summed E-state index contributed by atoms with van der Waals surface area (Å²) in [5.74, 6) is 0.618. The molecule has 0 N–H and O–H groups in total. The first-order valence-electron chi connectivity index (χ1n) is 9.04. The van der Waals surface area contributed by atoms with Gasteiger partial charge in [-0.25, -0.2) is 0 Å². The number of hydrogen-bond acceptors (Lipinski definition) is 2. The summed E-state index contributed by atoms with van der Waals surface area (Å²) < 4.78 is 12.0. The first-order valence-corrected chi connectivity index (χ1v) is 9.04. The van der Waals surface area contributed by atoms with Crippen LogP contribution in [0.4, 0.5) is 0 Å². The topological polar surface area (TPSA) is 25.1 Å².